The van der Waals surface area contributed by atoms with E-state index < -0.39 is 5.97 Å². The molecule has 3 aliphatic rings. The molecule has 0 unspecified atom stereocenters. The molecule has 0 aromatic heterocycles. The Bertz CT molecular complexity index is 1040. The fourth-order valence-electron chi connectivity index (χ4n) is 4.39. The van der Waals surface area contributed by atoms with E-state index in [-0.39, 0.29) is 11.4 Å². The van der Waals surface area contributed by atoms with Crippen LogP contribution in [0, 0.1) is 5.41 Å². The minimum atomic E-state index is -0.402. The second-order valence-corrected chi connectivity index (χ2v) is 9.52. The summed E-state index contributed by atoms with van der Waals surface area (Å²) in [4.78, 5) is 23.1. The lowest BCUT2D eigenvalue weighted by atomic mass is 9.73. The van der Waals surface area contributed by atoms with Gasteiger partial charge in [-0.25, -0.2) is 9.59 Å². The first-order valence-corrected chi connectivity index (χ1v) is 11.6. The van der Waals surface area contributed by atoms with Gasteiger partial charge in [0.25, 0.3) is 0 Å². The molecule has 0 aromatic carbocycles. The van der Waals surface area contributed by atoms with Crippen molar-refractivity contribution in [2.75, 3.05) is 0 Å². The van der Waals surface area contributed by atoms with Gasteiger partial charge in [0.2, 0.25) is 0 Å². The number of esters is 2. The Morgan fingerprint density at radius 2 is 1.48 bits per heavy atom. The van der Waals surface area contributed by atoms with E-state index in [1.807, 2.05) is 12.2 Å². The first-order valence-electron chi connectivity index (χ1n) is 11.6. The van der Waals surface area contributed by atoms with Crippen LogP contribution < -0.4 is 0 Å². The van der Waals surface area contributed by atoms with Gasteiger partial charge in [0.05, 0.1) is 0 Å². The molecule has 0 amide bonds. The molecule has 0 saturated heterocycles. The molecule has 4 heteroatoms. The fourth-order valence-corrected chi connectivity index (χ4v) is 4.39. The van der Waals surface area contributed by atoms with Crippen molar-refractivity contribution in [3.8, 4) is 0 Å². The molecule has 0 bridgehead atoms. The maximum atomic E-state index is 11.7. The van der Waals surface area contributed by atoms with Crippen LogP contribution >= 0.6 is 0 Å². The third-order valence-corrected chi connectivity index (χ3v) is 6.38. The summed E-state index contributed by atoms with van der Waals surface area (Å²) in [5, 5.41) is 0. The molecule has 0 saturated carbocycles. The third-order valence-electron chi connectivity index (χ3n) is 6.38. The standard InChI is InChI=1S/C29H34O4/c1-6-27(30)32-25-15-7-21(8-16-25)19-29(4,5)24-13-9-22(10-14-24)23-11-17-26(18-12-23)33-28(31)20(2)3/h6-7,9,11,13,15,17H,1-2,8,10,12,14,16,18-19H2,3-5H3. The highest BCUT2D eigenvalue weighted by molar-refractivity contribution is 5.87. The van der Waals surface area contributed by atoms with Crippen LogP contribution in [0.1, 0.15) is 65.7 Å². The van der Waals surface area contributed by atoms with Crippen molar-refractivity contribution in [2.24, 2.45) is 5.41 Å². The van der Waals surface area contributed by atoms with E-state index in [9.17, 15) is 9.59 Å². The SMILES string of the molecule is C=CC(=O)OC1=CC=C(CC(C)(C)C2=CC=C(C3=CC=C(OC(=O)C(=C)C)CC3)CC2)CC1. The summed E-state index contributed by atoms with van der Waals surface area (Å²) in [5.41, 5.74) is 6.01. The van der Waals surface area contributed by atoms with E-state index in [0.29, 0.717) is 17.1 Å². The van der Waals surface area contributed by atoms with Crippen LogP contribution in [-0.4, -0.2) is 11.9 Å². The minimum absolute atomic E-state index is 0.0712. The molecule has 3 aliphatic carbocycles. The van der Waals surface area contributed by atoms with Crippen LogP contribution in [0.3, 0.4) is 0 Å². The highest BCUT2D eigenvalue weighted by atomic mass is 16.5. The Morgan fingerprint density at radius 1 is 0.879 bits per heavy atom. The van der Waals surface area contributed by atoms with Gasteiger partial charge in [-0.2, -0.15) is 0 Å². The molecule has 0 atom stereocenters. The molecular weight excluding hydrogens is 412 g/mol. The predicted octanol–water partition coefficient (Wildman–Crippen LogP) is 7.11. The quantitative estimate of drug-likeness (QED) is 0.295. The smallest absolute Gasteiger partial charge is 0.338 e. The maximum absolute atomic E-state index is 11.7. The normalized spacial score (nSPS) is 18.5. The van der Waals surface area contributed by atoms with Gasteiger partial charge < -0.3 is 9.47 Å². The second kappa shape index (κ2) is 10.7. The summed E-state index contributed by atoms with van der Waals surface area (Å²) in [7, 11) is 0. The largest absolute Gasteiger partial charge is 0.428 e. The summed E-state index contributed by atoms with van der Waals surface area (Å²) < 4.78 is 10.6. The Hall–Kier alpha value is -3.14. The van der Waals surface area contributed by atoms with Gasteiger partial charge in [-0.05, 0) is 67.7 Å². The predicted molar refractivity (Wildman–Crippen MR) is 132 cm³/mol. The summed E-state index contributed by atoms with van der Waals surface area (Å²) in [6, 6.07) is 0. The molecule has 4 nitrogen and oxygen atoms in total. The van der Waals surface area contributed by atoms with Crippen molar-refractivity contribution >= 4 is 11.9 Å². The van der Waals surface area contributed by atoms with Crippen LogP contribution in [0.4, 0.5) is 0 Å². The zero-order valence-electron chi connectivity index (χ0n) is 20.0. The number of allylic oxidation sites excluding steroid dienone is 12. The maximum Gasteiger partial charge on any atom is 0.338 e. The number of carbonyl (C=O) groups is 2. The Labute approximate surface area is 197 Å². The molecule has 0 N–H and O–H groups in total. The molecule has 174 valence electrons. The third kappa shape index (κ3) is 6.67. The van der Waals surface area contributed by atoms with Crippen LogP contribution in [0.15, 0.2) is 95.1 Å². The van der Waals surface area contributed by atoms with Crippen molar-refractivity contribution in [2.45, 2.75) is 65.7 Å². The van der Waals surface area contributed by atoms with Gasteiger partial charge in [0.1, 0.15) is 11.5 Å². The van der Waals surface area contributed by atoms with E-state index in [4.69, 9.17) is 9.47 Å². The number of ether oxygens (including phenoxy) is 2. The topological polar surface area (TPSA) is 52.6 Å². The van der Waals surface area contributed by atoms with Crippen molar-refractivity contribution in [3.05, 3.63) is 95.1 Å². The lowest BCUT2D eigenvalue weighted by Gasteiger charge is -2.32. The molecule has 0 spiro atoms. The van der Waals surface area contributed by atoms with Gasteiger partial charge in [-0.15, -0.1) is 0 Å². The zero-order chi connectivity index (χ0) is 24.0. The van der Waals surface area contributed by atoms with Crippen LogP contribution in [0.2, 0.25) is 0 Å². The van der Waals surface area contributed by atoms with Gasteiger partial charge in [-0.1, -0.05) is 62.5 Å². The van der Waals surface area contributed by atoms with E-state index in [2.05, 4.69) is 51.3 Å². The Morgan fingerprint density at radius 3 is 2.00 bits per heavy atom. The zero-order valence-corrected chi connectivity index (χ0v) is 20.0. The monoisotopic (exact) mass is 446 g/mol. The van der Waals surface area contributed by atoms with E-state index in [1.165, 1.54) is 28.4 Å². The summed E-state index contributed by atoms with van der Waals surface area (Å²) >= 11 is 0. The lowest BCUT2D eigenvalue weighted by molar-refractivity contribution is -0.135. The van der Waals surface area contributed by atoms with Gasteiger partial charge in [-0.3, -0.25) is 0 Å². The average Bonchev–Trinajstić information content (AvgIpc) is 2.80. The number of carbonyl (C=O) groups excluding carboxylic acids is 2. The molecule has 0 heterocycles. The van der Waals surface area contributed by atoms with Crippen LogP contribution in [0.25, 0.3) is 0 Å². The first-order chi connectivity index (χ1) is 15.7. The van der Waals surface area contributed by atoms with Crippen molar-refractivity contribution in [1.82, 2.24) is 0 Å². The number of hydrogen-bond donors (Lipinski definition) is 0. The highest BCUT2D eigenvalue weighted by Gasteiger charge is 2.27. The molecule has 0 aliphatic heterocycles. The molecular formula is C29H34O4. The Balaban J connectivity index is 1.63. The average molecular weight is 447 g/mol. The molecule has 3 rings (SSSR count). The second-order valence-electron chi connectivity index (χ2n) is 9.52. The van der Waals surface area contributed by atoms with Crippen LogP contribution in [0.5, 0.6) is 0 Å². The molecule has 0 radical (unpaired) electrons. The van der Waals surface area contributed by atoms with Gasteiger partial charge >= 0.3 is 11.9 Å². The molecule has 33 heavy (non-hydrogen) atoms. The summed E-state index contributed by atoms with van der Waals surface area (Å²) in [6.07, 6.45) is 20.1. The number of rotatable bonds is 8. The summed E-state index contributed by atoms with van der Waals surface area (Å²) in [5.74, 6) is 0.652. The minimum Gasteiger partial charge on any atom is -0.428 e. The van der Waals surface area contributed by atoms with Crippen molar-refractivity contribution < 1.29 is 19.1 Å². The van der Waals surface area contributed by atoms with Gasteiger partial charge in [0.15, 0.2) is 0 Å². The van der Waals surface area contributed by atoms with E-state index in [0.717, 1.165) is 44.9 Å². The van der Waals surface area contributed by atoms with Crippen LogP contribution in [-0.2, 0) is 19.1 Å². The van der Waals surface area contributed by atoms with Gasteiger partial charge in [0, 0.05) is 24.5 Å². The fraction of sp³-hybridized carbons (Fsp3) is 0.379. The molecule has 0 aromatic rings. The highest BCUT2D eigenvalue weighted by Crippen LogP contribution is 2.42. The van der Waals surface area contributed by atoms with E-state index >= 15 is 0 Å². The Kier molecular flexibility index (Phi) is 7.91. The first kappa shape index (κ1) is 24.5. The molecule has 0 fully saturated rings. The summed E-state index contributed by atoms with van der Waals surface area (Å²) in [6.45, 7) is 13.3. The van der Waals surface area contributed by atoms with Crippen molar-refractivity contribution in [1.29, 1.82) is 0 Å². The van der Waals surface area contributed by atoms with Crippen molar-refractivity contribution in [3.63, 3.8) is 0 Å². The lowest BCUT2D eigenvalue weighted by Crippen LogP contribution is -2.18. The van der Waals surface area contributed by atoms with E-state index in [1.54, 1.807) is 6.92 Å². The number of hydrogen-bond acceptors (Lipinski definition) is 4.